The molecule has 0 aliphatic heterocycles. The molecule has 0 saturated heterocycles. The van der Waals surface area contributed by atoms with Crippen molar-refractivity contribution in [1.29, 1.82) is 0 Å². The fourth-order valence-electron chi connectivity index (χ4n) is 5.89. The first kappa shape index (κ1) is 48.0. The normalized spacial score (nSPS) is 14.5. The number of nitrogens with one attached hydrogen (secondary N) is 1. The third kappa shape index (κ3) is 35.2. The molecule has 3 unspecified atom stereocenters. The van der Waals surface area contributed by atoms with Crippen molar-refractivity contribution >= 4 is 13.7 Å². The van der Waals surface area contributed by atoms with Gasteiger partial charge in [0.05, 0.1) is 25.4 Å². The van der Waals surface area contributed by atoms with E-state index in [9.17, 15) is 19.4 Å². The molecular weight excluding hydrogens is 635 g/mol. The van der Waals surface area contributed by atoms with E-state index >= 15 is 0 Å². The second kappa shape index (κ2) is 36.8. The standard InChI is InChI=1S/C40H79N2O6P/c1-3-5-7-9-11-13-15-17-18-19-20-21-22-23-25-27-29-31-33-39(43)38(37-48-49(45,46)47-36-35-41)42-40(44)34-32-30-28-26-24-16-14-12-10-8-6-4-2/h12,14,31,33,38-39,43H,3-11,13,15-30,32,34-37,41H2,1-2H3,(H,42,44)(H,45,46)/b14-12-,33-31+. The van der Waals surface area contributed by atoms with Gasteiger partial charge >= 0.3 is 7.82 Å². The number of rotatable bonds is 38. The van der Waals surface area contributed by atoms with Crippen LogP contribution in [0.25, 0.3) is 0 Å². The smallest absolute Gasteiger partial charge is 0.387 e. The summed E-state index contributed by atoms with van der Waals surface area (Å²) in [6, 6.07) is -0.861. The van der Waals surface area contributed by atoms with Gasteiger partial charge in [-0.25, -0.2) is 4.57 Å². The largest absolute Gasteiger partial charge is 0.472 e. The molecule has 0 bridgehead atoms. The van der Waals surface area contributed by atoms with Gasteiger partial charge in [0.2, 0.25) is 5.91 Å². The molecule has 0 aromatic carbocycles. The van der Waals surface area contributed by atoms with Crippen molar-refractivity contribution in [1.82, 2.24) is 5.32 Å². The summed E-state index contributed by atoms with van der Waals surface area (Å²) in [7, 11) is -4.33. The van der Waals surface area contributed by atoms with Gasteiger partial charge in [-0.2, -0.15) is 0 Å². The van der Waals surface area contributed by atoms with Gasteiger partial charge in [-0.15, -0.1) is 0 Å². The minimum Gasteiger partial charge on any atom is -0.387 e. The van der Waals surface area contributed by atoms with Crippen molar-refractivity contribution in [3.63, 3.8) is 0 Å². The topological polar surface area (TPSA) is 131 Å². The highest BCUT2D eigenvalue weighted by Crippen LogP contribution is 2.43. The zero-order valence-corrected chi connectivity index (χ0v) is 32.8. The maximum Gasteiger partial charge on any atom is 0.472 e. The lowest BCUT2D eigenvalue weighted by Crippen LogP contribution is -2.45. The van der Waals surface area contributed by atoms with Crippen LogP contribution >= 0.6 is 7.82 Å². The lowest BCUT2D eigenvalue weighted by Gasteiger charge is -2.23. The van der Waals surface area contributed by atoms with Gasteiger partial charge in [0.15, 0.2) is 0 Å². The van der Waals surface area contributed by atoms with Gasteiger partial charge in [-0.3, -0.25) is 13.8 Å². The first-order valence-corrected chi connectivity index (χ1v) is 22.0. The van der Waals surface area contributed by atoms with Crippen molar-refractivity contribution in [2.24, 2.45) is 5.73 Å². The molecule has 3 atom stereocenters. The second-order valence-corrected chi connectivity index (χ2v) is 15.3. The minimum atomic E-state index is -4.33. The average molecular weight is 715 g/mol. The number of carbonyl (C=O) groups is 1. The molecule has 0 aliphatic carbocycles. The van der Waals surface area contributed by atoms with Crippen LogP contribution < -0.4 is 11.1 Å². The Morgan fingerprint density at radius 3 is 1.55 bits per heavy atom. The van der Waals surface area contributed by atoms with Crippen molar-refractivity contribution in [2.45, 2.75) is 206 Å². The van der Waals surface area contributed by atoms with E-state index < -0.39 is 20.0 Å². The Morgan fingerprint density at radius 1 is 0.653 bits per heavy atom. The molecule has 9 heteroatoms. The number of carbonyl (C=O) groups excluding carboxylic acids is 1. The van der Waals surface area contributed by atoms with Gasteiger partial charge in [0.25, 0.3) is 0 Å². The van der Waals surface area contributed by atoms with E-state index in [2.05, 4.69) is 31.3 Å². The molecule has 0 saturated carbocycles. The lowest BCUT2D eigenvalue weighted by molar-refractivity contribution is -0.123. The molecule has 0 radical (unpaired) electrons. The average Bonchev–Trinajstić information content (AvgIpc) is 3.09. The second-order valence-electron chi connectivity index (χ2n) is 13.8. The molecule has 0 rings (SSSR count). The Morgan fingerprint density at radius 2 is 1.06 bits per heavy atom. The molecule has 49 heavy (non-hydrogen) atoms. The molecule has 0 fully saturated rings. The molecule has 290 valence electrons. The minimum absolute atomic E-state index is 0.0779. The number of nitrogens with two attached hydrogens (primary N) is 1. The third-order valence-corrected chi connectivity index (χ3v) is 10.0. The lowest BCUT2D eigenvalue weighted by atomic mass is 10.0. The maximum absolute atomic E-state index is 12.7. The summed E-state index contributed by atoms with van der Waals surface area (Å²) in [6.45, 7) is 4.10. The van der Waals surface area contributed by atoms with E-state index in [1.807, 2.05) is 6.08 Å². The van der Waals surface area contributed by atoms with Crippen LogP contribution in [0.3, 0.4) is 0 Å². The van der Waals surface area contributed by atoms with Gasteiger partial charge < -0.3 is 21.1 Å². The zero-order chi connectivity index (χ0) is 36.1. The number of hydrogen-bond acceptors (Lipinski definition) is 6. The summed E-state index contributed by atoms with van der Waals surface area (Å²) in [6.07, 6.45) is 40.8. The summed E-state index contributed by atoms with van der Waals surface area (Å²) in [4.78, 5) is 22.6. The number of allylic oxidation sites excluding steroid dienone is 3. The number of amides is 1. The van der Waals surface area contributed by atoms with Crippen LogP contribution in [0.15, 0.2) is 24.3 Å². The van der Waals surface area contributed by atoms with Crippen LogP contribution in [0, 0.1) is 0 Å². The van der Waals surface area contributed by atoms with E-state index in [4.69, 9.17) is 14.8 Å². The summed E-state index contributed by atoms with van der Waals surface area (Å²) >= 11 is 0. The monoisotopic (exact) mass is 715 g/mol. The molecule has 0 aromatic rings. The van der Waals surface area contributed by atoms with Crippen LogP contribution in [0.4, 0.5) is 0 Å². The highest BCUT2D eigenvalue weighted by Gasteiger charge is 2.26. The van der Waals surface area contributed by atoms with Gasteiger partial charge in [0, 0.05) is 13.0 Å². The fourth-order valence-corrected chi connectivity index (χ4v) is 6.65. The molecule has 0 spiro atoms. The fraction of sp³-hybridized carbons (Fsp3) is 0.875. The number of unbranched alkanes of at least 4 members (excludes halogenated alkanes) is 24. The first-order valence-electron chi connectivity index (χ1n) is 20.5. The molecule has 1 amide bonds. The van der Waals surface area contributed by atoms with Crippen LogP contribution in [-0.2, 0) is 18.4 Å². The molecule has 0 aliphatic rings. The van der Waals surface area contributed by atoms with E-state index in [0.29, 0.717) is 6.42 Å². The van der Waals surface area contributed by atoms with Gasteiger partial charge in [-0.05, 0) is 44.9 Å². The summed E-state index contributed by atoms with van der Waals surface area (Å²) in [5.74, 6) is -0.204. The Bertz CT molecular complexity index is 825. The first-order chi connectivity index (χ1) is 23.9. The molecule has 5 N–H and O–H groups in total. The zero-order valence-electron chi connectivity index (χ0n) is 31.9. The van der Waals surface area contributed by atoms with Gasteiger partial charge in [-0.1, -0.05) is 167 Å². The third-order valence-electron chi connectivity index (χ3n) is 9.02. The van der Waals surface area contributed by atoms with Crippen molar-refractivity contribution in [2.75, 3.05) is 19.8 Å². The Kier molecular flexibility index (Phi) is 36.0. The Labute approximate surface area is 302 Å². The predicted octanol–water partition coefficient (Wildman–Crippen LogP) is 11.0. The van der Waals surface area contributed by atoms with Crippen molar-refractivity contribution < 1.29 is 28.4 Å². The predicted molar refractivity (Wildman–Crippen MR) is 208 cm³/mol. The SMILES string of the molecule is CCCCC/C=C\CCCCCCCC(=O)NC(COP(=O)(O)OCCN)C(O)/C=C/CCCCCCCCCCCCCCCCCC. The number of hydrogen-bond donors (Lipinski definition) is 4. The number of phosphoric ester groups is 1. The summed E-state index contributed by atoms with van der Waals surface area (Å²) in [5, 5.41) is 13.6. The van der Waals surface area contributed by atoms with Gasteiger partial charge in [0.1, 0.15) is 0 Å². The summed E-state index contributed by atoms with van der Waals surface area (Å²) < 4.78 is 22.1. The Balaban J connectivity index is 4.24. The quantitative estimate of drug-likeness (QED) is 0.0284. The summed E-state index contributed by atoms with van der Waals surface area (Å²) in [5.41, 5.74) is 5.36. The van der Waals surface area contributed by atoms with E-state index in [-0.39, 0.29) is 25.7 Å². The highest BCUT2D eigenvalue weighted by molar-refractivity contribution is 7.47. The van der Waals surface area contributed by atoms with Crippen LogP contribution in [0.2, 0.25) is 0 Å². The maximum atomic E-state index is 12.7. The number of phosphoric acid groups is 1. The van der Waals surface area contributed by atoms with E-state index in [0.717, 1.165) is 51.4 Å². The molecule has 0 heterocycles. The Hall–Kier alpha value is -1.02. The van der Waals surface area contributed by atoms with E-state index in [1.165, 1.54) is 122 Å². The molecule has 8 nitrogen and oxygen atoms in total. The number of aliphatic hydroxyl groups is 1. The molecule has 0 aromatic heterocycles. The van der Waals surface area contributed by atoms with Crippen LogP contribution in [0.5, 0.6) is 0 Å². The van der Waals surface area contributed by atoms with Crippen LogP contribution in [0.1, 0.15) is 194 Å². The van der Waals surface area contributed by atoms with Crippen LogP contribution in [-0.4, -0.2) is 47.8 Å². The van der Waals surface area contributed by atoms with Crippen molar-refractivity contribution in [3.8, 4) is 0 Å². The van der Waals surface area contributed by atoms with E-state index in [1.54, 1.807) is 6.08 Å². The van der Waals surface area contributed by atoms with Crippen molar-refractivity contribution in [3.05, 3.63) is 24.3 Å². The highest BCUT2D eigenvalue weighted by atomic mass is 31.2. The molecular formula is C40H79N2O6P. The number of aliphatic hydroxyl groups excluding tert-OH is 1.